The first-order chi connectivity index (χ1) is 13.5. The van der Waals surface area contributed by atoms with Crippen LogP contribution in [0.25, 0.3) is 0 Å². The molecule has 0 spiro atoms. The Morgan fingerprint density at radius 3 is 1.86 bits per heavy atom. The zero-order chi connectivity index (χ0) is 19.9. The number of rotatable bonds is 7. The Balaban J connectivity index is 1.62. The van der Waals surface area contributed by atoms with Gasteiger partial charge in [0.05, 0.1) is 12.2 Å². The molecule has 0 fully saturated rings. The van der Waals surface area contributed by atoms with Crippen LogP contribution in [0.15, 0.2) is 78.9 Å². The van der Waals surface area contributed by atoms with Gasteiger partial charge in [-0.25, -0.2) is 4.79 Å². The van der Waals surface area contributed by atoms with E-state index in [-0.39, 0.29) is 5.78 Å². The first kappa shape index (κ1) is 19.4. The molecule has 0 aromatic heterocycles. The smallest absolute Gasteiger partial charge is 0.343 e. The van der Waals surface area contributed by atoms with Crippen LogP contribution in [0.1, 0.15) is 40.1 Å². The van der Waals surface area contributed by atoms with Gasteiger partial charge >= 0.3 is 5.97 Å². The van der Waals surface area contributed by atoms with Crippen molar-refractivity contribution in [1.29, 1.82) is 0 Å². The Hall–Kier alpha value is -3.40. The number of hydrogen-bond donors (Lipinski definition) is 0. The van der Waals surface area contributed by atoms with Crippen LogP contribution in [0.5, 0.6) is 11.5 Å². The molecule has 3 aromatic carbocycles. The van der Waals surface area contributed by atoms with Crippen molar-refractivity contribution in [1.82, 2.24) is 0 Å². The third-order valence-electron chi connectivity index (χ3n) is 4.04. The molecule has 0 aliphatic heterocycles. The number of ether oxygens (including phenoxy) is 2. The van der Waals surface area contributed by atoms with Gasteiger partial charge in [0.15, 0.2) is 5.78 Å². The average Bonchev–Trinajstić information content (AvgIpc) is 2.73. The Kier molecular flexibility index (Phi) is 6.22. The minimum Gasteiger partial charge on any atom is -0.493 e. The summed E-state index contributed by atoms with van der Waals surface area (Å²) in [6, 6.07) is 22.4. The van der Waals surface area contributed by atoms with Crippen molar-refractivity contribution in [2.45, 2.75) is 13.8 Å². The van der Waals surface area contributed by atoms with E-state index < -0.39 is 5.97 Å². The van der Waals surface area contributed by atoms with Crippen LogP contribution in [0.2, 0.25) is 0 Å². The zero-order valence-electron chi connectivity index (χ0n) is 15.9. The van der Waals surface area contributed by atoms with Crippen molar-refractivity contribution in [2.75, 3.05) is 6.61 Å². The molecule has 0 atom stereocenters. The normalized spacial score (nSPS) is 10.5. The summed E-state index contributed by atoms with van der Waals surface area (Å²) in [7, 11) is 0. The molecule has 0 aliphatic carbocycles. The number of ketones is 1. The number of hydrogen-bond acceptors (Lipinski definition) is 4. The zero-order valence-corrected chi connectivity index (χ0v) is 15.9. The summed E-state index contributed by atoms with van der Waals surface area (Å²) < 4.78 is 11.0. The Morgan fingerprint density at radius 1 is 0.714 bits per heavy atom. The van der Waals surface area contributed by atoms with E-state index >= 15 is 0 Å². The van der Waals surface area contributed by atoms with Gasteiger partial charge in [0, 0.05) is 11.1 Å². The van der Waals surface area contributed by atoms with Crippen molar-refractivity contribution in [3.8, 4) is 11.5 Å². The third kappa shape index (κ3) is 5.07. The SMILES string of the molecule is CC(C)COc1ccc(C(=O)Oc2ccc(C(=O)c3ccccc3)cc2)cc1. The van der Waals surface area contributed by atoms with Crippen molar-refractivity contribution in [3.05, 3.63) is 95.6 Å². The summed E-state index contributed by atoms with van der Waals surface area (Å²) >= 11 is 0. The van der Waals surface area contributed by atoms with Gasteiger partial charge in [0.2, 0.25) is 0 Å². The highest BCUT2D eigenvalue weighted by atomic mass is 16.5. The molecule has 3 aromatic rings. The second-order valence-corrected chi connectivity index (χ2v) is 6.84. The lowest BCUT2D eigenvalue weighted by Gasteiger charge is -2.09. The summed E-state index contributed by atoms with van der Waals surface area (Å²) in [6.45, 7) is 4.77. The van der Waals surface area contributed by atoms with Crippen LogP contribution < -0.4 is 9.47 Å². The van der Waals surface area contributed by atoms with Crippen LogP contribution in [0.4, 0.5) is 0 Å². The maximum Gasteiger partial charge on any atom is 0.343 e. The minimum absolute atomic E-state index is 0.0736. The molecule has 0 saturated carbocycles. The van der Waals surface area contributed by atoms with Crippen molar-refractivity contribution in [3.63, 3.8) is 0 Å². The van der Waals surface area contributed by atoms with Gasteiger partial charge < -0.3 is 9.47 Å². The van der Waals surface area contributed by atoms with Crippen molar-refractivity contribution >= 4 is 11.8 Å². The van der Waals surface area contributed by atoms with E-state index in [1.807, 2.05) is 18.2 Å². The molecule has 0 radical (unpaired) electrons. The molecule has 0 aliphatic rings. The van der Waals surface area contributed by atoms with Crippen LogP contribution in [-0.4, -0.2) is 18.4 Å². The second kappa shape index (κ2) is 9.00. The Labute approximate surface area is 164 Å². The van der Waals surface area contributed by atoms with E-state index in [0.29, 0.717) is 40.7 Å². The van der Waals surface area contributed by atoms with Gasteiger partial charge in [0.1, 0.15) is 11.5 Å². The number of carbonyl (C=O) groups excluding carboxylic acids is 2. The molecule has 0 unspecified atom stereocenters. The molecule has 0 heterocycles. The van der Waals surface area contributed by atoms with Crippen LogP contribution in [0, 0.1) is 5.92 Å². The van der Waals surface area contributed by atoms with Gasteiger partial charge in [-0.05, 0) is 54.4 Å². The first-order valence-corrected chi connectivity index (χ1v) is 9.18. The van der Waals surface area contributed by atoms with Crippen LogP contribution >= 0.6 is 0 Å². The third-order valence-corrected chi connectivity index (χ3v) is 4.04. The first-order valence-electron chi connectivity index (χ1n) is 9.18. The van der Waals surface area contributed by atoms with E-state index in [0.717, 1.165) is 0 Å². The maximum absolute atomic E-state index is 12.4. The number of esters is 1. The highest BCUT2D eigenvalue weighted by molar-refractivity contribution is 6.09. The topological polar surface area (TPSA) is 52.6 Å². The molecule has 3 rings (SSSR count). The lowest BCUT2D eigenvalue weighted by Crippen LogP contribution is -2.09. The largest absolute Gasteiger partial charge is 0.493 e. The van der Waals surface area contributed by atoms with E-state index in [2.05, 4.69) is 13.8 Å². The molecule has 0 N–H and O–H groups in total. The van der Waals surface area contributed by atoms with Crippen LogP contribution in [-0.2, 0) is 0 Å². The summed E-state index contributed by atoms with van der Waals surface area (Å²) in [5.74, 6) is 0.998. The average molecular weight is 374 g/mol. The van der Waals surface area contributed by atoms with E-state index in [1.54, 1.807) is 60.7 Å². The quantitative estimate of drug-likeness (QED) is 0.325. The summed E-state index contributed by atoms with van der Waals surface area (Å²) in [6.07, 6.45) is 0. The second-order valence-electron chi connectivity index (χ2n) is 6.84. The Bertz CT molecular complexity index is 927. The fourth-order valence-electron chi connectivity index (χ4n) is 2.55. The van der Waals surface area contributed by atoms with Gasteiger partial charge in [0.25, 0.3) is 0 Å². The predicted octanol–water partition coefficient (Wildman–Crippen LogP) is 5.17. The molecular weight excluding hydrogens is 352 g/mol. The minimum atomic E-state index is -0.461. The van der Waals surface area contributed by atoms with Crippen molar-refractivity contribution < 1.29 is 19.1 Å². The lowest BCUT2D eigenvalue weighted by molar-refractivity contribution is 0.0734. The number of benzene rings is 3. The summed E-state index contributed by atoms with van der Waals surface area (Å²) in [5.41, 5.74) is 1.59. The molecule has 4 heteroatoms. The van der Waals surface area contributed by atoms with Gasteiger partial charge in [-0.1, -0.05) is 44.2 Å². The molecule has 0 bridgehead atoms. The molecule has 4 nitrogen and oxygen atoms in total. The maximum atomic E-state index is 12.4. The van der Waals surface area contributed by atoms with E-state index in [9.17, 15) is 9.59 Å². The van der Waals surface area contributed by atoms with E-state index in [4.69, 9.17) is 9.47 Å². The predicted molar refractivity (Wildman–Crippen MR) is 108 cm³/mol. The summed E-state index contributed by atoms with van der Waals surface area (Å²) in [4.78, 5) is 24.7. The van der Waals surface area contributed by atoms with Gasteiger partial charge in [-0.2, -0.15) is 0 Å². The Morgan fingerprint density at radius 2 is 1.25 bits per heavy atom. The summed E-state index contributed by atoms with van der Waals surface area (Å²) in [5, 5.41) is 0. The van der Waals surface area contributed by atoms with Crippen LogP contribution in [0.3, 0.4) is 0 Å². The molecule has 142 valence electrons. The van der Waals surface area contributed by atoms with Crippen molar-refractivity contribution in [2.24, 2.45) is 5.92 Å². The van der Waals surface area contributed by atoms with Gasteiger partial charge in [-0.15, -0.1) is 0 Å². The molecule has 0 amide bonds. The molecule has 0 saturated heterocycles. The highest BCUT2D eigenvalue weighted by Gasteiger charge is 2.11. The molecule has 28 heavy (non-hydrogen) atoms. The fourth-order valence-corrected chi connectivity index (χ4v) is 2.55. The molecular formula is C24H22O4. The number of carbonyl (C=O) groups is 2. The standard InChI is InChI=1S/C24H22O4/c1-17(2)16-27-21-12-10-20(11-13-21)24(26)28-22-14-8-19(9-15-22)23(25)18-6-4-3-5-7-18/h3-15,17H,16H2,1-2H3. The lowest BCUT2D eigenvalue weighted by atomic mass is 10.0. The monoisotopic (exact) mass is 374 g/mol. The fraction of sp³-hybridized carbons (Fsp3) is 0.167. The highest BCUT2D eigenvalue weighted by Crippen LogP contribution is 2.18. The van der Waals surface area contributed by atoms with E-state index in [1.165, 1.54) is 0 Å². The van der Waals surface area contributed by atoms with Gasteiger partial charge in [-0.3, -0.25) is 4.79 Å².